The van der Waals surface area contributed by atoms with Crippen molar-refractivity contribution in [2.75, 3.05) is 12.3 Å². The zero-order chi connectivity index (χ0) is 14.5. The van der Waals surface area contributed by atoms with Crippen LogP contribution in [0.3, 0.4) is 0 Å². The van der Waals surface area contributed by atoms with Gasteiger partial charge in [-0.05, 0) is 30.0 Å². The van der Waals surface area contributed by atoms with E-state index in [0.717, 1.165) is 17.2 Å². The summed E-state index contributed by atoms with van der Waals surface area (Å²) in [6.07, 6.45) is 2.77. The number of thiophene rings is 1. The number of aromatic nitrogens is 3. The number of pyridine rings is 1. The van der Waals surface area contributed by atoms with Gasteiger partial charge in [-0.15, -0.1) is 21.5 Å². The highest BCUT2D eigenvalue weighted by Gasteiger charge is 2.08. The lowest BCUT2D eigenvalue weighted by molar-refractivity contribution is -0.118. The quantitative estimate of drug-likeness (QED) is 0.708. The van der Waals surface area contributed by atoms with Crippen molar-refractivity contribution in [1.29, 1.82) is 0 Å². The van der Waals surface area contributed by atoms with E-state index >= 15 is 0 Å². The number of hydrogen-bond acceptors (Lipinski definition) is 5. The van der Waals surface area contributed by atoms with Gasteiger partial charge in [0.05, 0.1) is 5.75 Å². The maximum atomic E-state index is 11.8. The van der Waals surface area contributed by atoms with Gasteiger partial charge < -0.3 is 5.32 Å². The van der Waals surface area contributed by atoms with Crippen molar-refractivity contribution in [2.24, 2.45) is 0 Å². The standard InChI is InChI=1S/C14H14N4OS2/c19-13(15-7-6-11-4-3-9-20-11)10-21-14-17-16-12-5-1-2-8-18(12)14/h1-5,8-9H,6-7,10H2,(H,15,19). The third-order valence-electron chi connectivity index (χ3n) is 2.89. The summed E-state index contributed by atoms with van der Waals surface area (Å²) in [5, 5.41) is 13.8. The summed E-state index contributed by atoms with van der Waals surface area (Å²) in [7, 11) is 0. The Hall–Kier alpha value is -1.86. The summed E-state index contributed by atoms with van der Waals surface area (Å²) in [5.74, 6) is 0.365. The molecule has 0 radical (unpaired) electrons. The van der Waals surface area contributed by atoms with Gasteiger partial charge in [-0.25, -0.2) is 0 Å². The molecule has 0 aliphatic rings. The first-order valence-electron chi connectivity index (χ1n) is 6.54. The number of amides is 1. The summed E-state index contributed by atoms with van der Waals surface area (Å²) < 4.78 is 1.88. The van der Waals surface area contributed by atoms with Crippen LogP contribution in [-0.2, 0) is 11.2 Å². The smallest absolute Gasteiger partial charge is 0.230 e. The second kappa shape index (κ2) is 6.73. The highest BCUT2D eigenvalue weighted by molar-refractivity contribution is 7.99. The number of carbonyl (C=O) groups excluding carboxylic acids is 1. The molecular weight excluding hydrogens is 304 g/mol. The number of carbonyl (C=O) groups is 1. The number of thioether (sulfide) groups is 1. The minimum absolute atomic E-state index is 0.0178. The molecule has 21 heavy (non-hydrogen) atoms. The molecule has 3 rings (SSSR count). The van der Waals surface area contributed by atoms with Gasteiger partial charge in [-0.2, -0.15) is 0 Å². The van der Waals surface area contributed by atoms with Crippen LogP contribution in [0, 0.1) is 0 Å². The number of nitrogens with zero attached hydrogens (tertiary/aromatic N) is 3. The third kappa shape index (κ3) is 3.62. The lowest BCUT2D eigenvalue weighted by Gasteiger charge is -2.03. The highest BCUT2D eigenvalue weighted by Crippen LogP contribution is 2.16. The molecule has 3 aromatic rings. The van der Waals surface area contributed by atoms with Crippen LogP contribution in [0.25, 0.3) is 5.65 Å². The van der Waals surface area contributed by atoms with Crippen molar-refractivity contribution in [2.45, 2.75) is 11.6 Å². The average Bonchev–Trinajstić information content (AvgIpc) is 3.14. The van der Waals surface area contributed by atoms with E-state index in [1.807, 2.05) is 40.2 Å². The van der Waals surface area contributed by atoms with Crippen LogP contribution in [0.2, 0.25) is 0 Å². The van der Waals surface area contributed by atoms with Crippen LogP contribution >= 0.6 is 23.1 Å². The lowest BCUT2D eigenvalue weighted by Crippen LogP contribution is -2.27. The minimum atomic E-state index is 0.0178. The molecule has 3 aromatic heterocycles. The van der Waals surface area contributed by atoms with Crippen LogP contribution in [0.1, 0.15) is 4.88 Å². The Balaban J connectivity index is 1.47. The second-order valence-electron chi connectivity index (χ2n) is 4.38. The molecule has 1 amide bonds. The van der Waals surface area contributed by atoms with Gasteiger partial charge in [0.2, 0.25) is 5.91 Å². The zero-order valence-electron chi connectivity index (χ0n) is 11.2. The van der Waals surface area contributed by atoms with Crippen molar-refractivity contribution < 1.29 is 4.79 Å². The molecule has 1 N–H and O–H groups in total. The largest absolute Gasteiger partial charge is 0.355 e. The highest BCUT2D eigenvalue weighted by atomic mass is 32.2. The van der Waals surface area contributed by atoms with Crippen molar-refractivity contribution in [3.63, 3.8) is 0 Å². The second-order valence-corrected chi connectivity index (χ2v) is 6.35. The number of fused-ring (bicyclic) bond motifs is 1. The summed E-state index contributed by atoms with van der Waals surface area (Å²) in [6, 6.07) is 9.82. The lowest BCUT2D eigenvalue weighted by atomic mass is 10.3. The fourth-order valence-corrected chi connectivity index (χ4v) is 3.34. The van der Waals surface area contributed by atoms with E-state index in [-0.39, 0.29) is 5.91 Å². The molecule has 0 aliphatic heterocycles. The molecule has 0 aromatic carbocycles. The van der Waals surface area contributed by atoms with Crippen LogP contribution in [0.5, 0.6) is 0 Å². The van der Waals surface area contributed by atoms with E-state index < -0.39 is 0 Å². The normalized spacial score (nSPS) is 10.9. The van der Waals surface area contributed by atoms with E-state index in [4.69, 9.17) is 0 Å². The van der Waals surface area contributed by atoms with E-state index in [1.165, 1.54) is 16.6 Å². The Kier molecular flexibility index (Phi) is 4.52. The number of rotatable bonds is 6. The summed E-state index contributed by atoms with van der Waals surface area (Å²) in [6.45, 7) is 0.667. The topological polar surface area (TPSA) is 59.3 Å². The summed E-state index contributed by atoms with van der Waals surface area (Å²) in [4.78, 5) is 13.1. The number of nitrogens with one attached hydrogen (secondary N) is 1. The average molecular weight is 318 g/mol. The van der Waals surface area contributed by atoms with Crippen LogP contribution in [0.4, 0.5) is 0 Å². The third-order valence-corrected chi connectivity index (χ3v) is 4.77. The molecule has 0 bridgehead atoms. The molecule has 0 fully saturated rings. The molecule has 3 heterocycles. The molecule has 0 aliphatic carbocycles. The Labute approximate surface area is 130 Å². The van der Waals surface area contributed by atoms with Crippen molar-refractivity contribution in [1.82, 2.24) is 19.9 Å². The Morgan fingerprint density at radius 2 is 2.24 bits per heavy atom. The maximum absolute atomic E-state index is 11.8. The predicted octanol–water partition coefficient (Wildman–Crippen LogP) is 2.24. The summed E-state index contributed by atoms with van der Waals surface area (Å²) in [5.41, 5.74) is 0.790. The molecule has 0 unspecified atom stereocenters. The molecule has 0 atom stereocenters. The van der Waals surface area contributed by atoms with Gasteiger partial charge in [0, 0.05) is 17.6 Å². The van der Waals surface area contributed by atoms with Gasteiger partial charge in [-0.1, -0.05) is 23.9 Å². The van der Waals surface area contributed by atoms with Gasteiger partial charge in [-0.3, -0.25) is 9.20 Å². The Bertz CT molecular complexity index is 723. The molecule has 0 saturated carbocycles. The van der Waals surface area contributed by atoms with E-state index in [2.05, 4.69) is 21.6 Å². The Morgan fingerprint density at radius 3 is 3.10 bits per heavy atom. The van der Waals surface area contributed by atoms with Crippen molar-refractivity contribution in [3.05, 3.63) is 46.8 Å². The zero-order valence-corrected chi connectivity index (χ0v) is 12.9. The van der Waals surface area contributed by atoms with Crippen LogP contribution < -0.4 is 5.32 Å². The van der Waals surface area contributed by atoms with Gasteiger partial charge >= 0.3 is 0 Å². The monoisotopic (exact) mass is 318 g/mol. The maximum Gasteiger partial charge on any atom is 0.230 e. The van der Waals surface area contributed by atoms with Crippen LogP contribution in [0.15, 0.2) is 47.1 Å². The Morgan fingerprint density at radius 1 is 1.29 bits per heavy atom. The van der Waals surface area contributed by atoms with Gasteiger partial charge in [0.25, 0.3) is 0 Å². The van der Waals surface area contributed by atoms with E-state index in [9.17, 15) is 4.79 Å². The molecular formula is C14H14N4OS2. The van der Waals surface area contributed by atoms with Crippen LogP contribution in [-0.4, -0.2) is 32.8 Å². The van der Waals surface area contributed by atoms with E-state index in [0.29, 0.717) is 12.3 Å². The molecule has 0 spiro atoms. The van der Waals surface area contributed by atoms with E-state index in [1.54, 1.807) is 11.3 Å². The predicted molar refractivity (Wildman–Crippen MR) is 84.7 cm³/mol. The molecule has 7 heteroatoms. The fraction of sp³-hybridized carbons (Fsp3) is 0.214. The van der Waals surface area contributed by atoms with Crippen molar-refractivity contribution in [3.8, 4) is 0 Å². The SMILES string of the molecule is O=C(CSc1nnc2ccccn12)NCCc1cccs1. The first-order valence-corrected chi connectivity index (χ1v) is 8.41. The molecule has 0 saturated heterocycles. The number of hydrogen-bond donors (Lipinski definition) is 1. The van der Waals surface area contributed by atoms with Gasteiger partial charge in [0.15, 0.2) is 10.8 Å². The molecule has 108 valence electrons. The summed E-state index contributed by atoms with van der Waals surface area (Å²) >= 11 is 3.10. The first-order chi connectivity index (χ1) is 10.3. The van der Waals surface area contributed by atoms with Crippen molar-refractivity contribution >= 4 is 34.7 Å². The minimum Gasteiger partial charge on any atom is -0.355 e. The fourth-order valence-electron chi connectivity index (χ4n) is 1.88. The van der Waals surface area contributed by atoms with Gasteiger partial charge in [0.1, 0.15) is 0 Å². The first kappa shape index (κ1) is 14.1. The molecule has 5 nitrogen and oxygen atoms in total.